The fourth-order valence-corrected chi connectivity index (χ4v) is 6.21. The summed E-state index contributed by atoms with van der Waals surface area (Å²) in [5.41, 5.74) is 0.731. The van der Waals surface area contributed by atoms with Crippen LogP contribution in [0.15, 0.2) is 14.1 Å². The molecule has 0 amide bonds. The number of esters is 1. The van der Waals surface area contributed by atoms with Crippen LogP contribution in [-0.4, -0.2) is 31.8 Å². The van der Waals surface area contributed by atoms with Crippen LogP contribution in [0.3, 0.4) is 0 Å². The molecule has 100 valence electrons. The molecular formula is C10H12BrNO4S2. The molecule has 0 aliphatic carbocycles. The van der Waals surface area contributed by atoms with Crippen LogP contribution in [0.4, 0.5) is 0 Å². The Bertz CT molecular complexity index is 581. The lowest BCUT2D eigenvalue weighted by Crippen LogP contribution is -2.41. The van der Waals surface area contributed by atoms with Crippen LogP contribution in [0.5, 0.6) is 0 Å². The molecule has 1 atom stereocenters. The second kappa shape index (κ2) is 4.92. The maximum atomic E-state index is 12.3. The van der Waals surface area contributed by atoms with Crippen LogP contribution in [0.25, 0.3) is 0 Å². The molecule has 5 nitrogen and oxygen atoms in total. The van der Waals surface area contributed by atoms with E-state index in [0.717, 1.165) is 9.35 Å². The zero-order valence-corrected chi connectivity index (χ0v) is 13.1. The van der Waals surface area contributed by atoms with Crippen molar-refractivity contribution >= 4 is 43.3 Å². The van der Waals surface area contributed by atoms with E-state index in [9.17, 15) is 13.2 Å². The standard InChI is InChI=1S/C10H12BrNO4S2/c1-3-7(9(13)16-2)12-5-6-4-8(11)17-10(6)18(12,14)15/h4,7H,3,5H2,1-2H3. The smallest absolute Gasteiger partial charge is 0.324 e. The second-order valence-corrected chi connectivity index (χ2v) is 8.38. The van der Waals surface area contributed by atoms with E-state index in [1.807, 2.05) is 0 Å². The van der Waals surface area contributed by atoms with E-state index in [1.165, 1.54) is 22.8 Å². The molecule has 1 aliphatic heterocycles. The van der Waals surface area contributed by atoms with Crippen LogP contribution >= 0.6 is 27.3 Å². The van der Waals surface area contributed by atoms with Gasteiger partial charge in [-0.15, -0.1) is 11.3 Å². The first-order valence-corrected chi connectivity index (χ1v) is 8.34. The summed E-state index contributed by atoms with van der Waals surface area (Å²) in [6, 6.07) is 1.03. The van der Waals surface area contributed by atoms with Crippen LogP contribution in [0.1, 0.15) is 18.9 Å². The van der Waals surface area contributed by atoms with Crippen LogP contribution in [0, 0.1) is 0 Å². The van der Waals surface area contributed by atoms with E-state index in [0.29, 0.717) is 10.6 Å². The summed E-state index contributed by atoms with van der Waals surface area (Å²) < 4.78 is 31.6. The van der Waals surface area contributed by atoms with E-state index in [2.05, 4.69) is 20.7 Å². The van der Waals surface area contributed by atoms with Crippen molar-refractivity contribution in [3.05, 3.63) is 15.4 Å². The zero-order chi connectivity index (χ0) is 13.5. The number of ether oxygens (including phenoxy) is 1. The first kappa shape index (κ1) is 14.0. The van der Waals surface area contributed by atoms with Gasteiger partial charge in [0.15, 0.2) is 0 Å². The third-order valence-corrected chi connectivity index (χ3v) is 6.91. The number of rotatable bonds is 3. The SMILES string of the molecule is CCC(C(=O)OC)N1Cc2cc(Br)sc2S1(=O)=O. The van der Waals surface area contributed by atoms with Gasteiger partial charge in [-0.2, -0.15) is 4.31 Å². The second-order valence-electron chi connectivity index (χ2n) is 3.86. The molecule has 1 aliphatic rings. The molecule has 0 N–H and O–H groups in total. The number of halogens is 1. The van der Waals surface area contributed by atoms with Gasteiger partial charge in [0.05, 0.1) is 10.9 Å². The predicted octanol–water partition coefficient (Wildman–Crippen LogP) is 1.97. The van der Waals surface area contributed by atoms with Gasteiger partial charge in [0, 0.05) is 6.54 Å². The molecule has 0 fully saturated rings. The Balaban J connectivity index is 2.40. The number of carbonyl (C=O) groups excluding carboxylic acids is 1. The molecule has 0 saturated carbocycles. The van der Waals surface area contributed by atoms with Crippen molar-refractivity contribution in [1.29, 1.82) is 0 Å². The molecule has 0 aromatic carbocycles. The third-order valence-electron chi connectivity index (χ3n) is 2.82. The van der Waals surface area contributed by atoms with Gasteiger partial charge in [0.2, 0.25) is 0 Å². The van der Waals surface area contributed by atoms with Crippen LogP contribution in [0.2, 0.25) is 0 Å². The summed E-state index contributed by atoms with van der Waals surface area (Å²) in [5, 5.41) is 0. The fourth-order valence-electron chi connectivity index (χ4n) is 1.97. The Morgan fingerprint density at radius 2 is 2.33 bits per heavy atom. The zero-order valence-electron chi connectivity index (χ0n) is 9.84. The quantitative estimate of drug-likeness (QED) is 0.779. The maximum absolute atomic E-state index is 12.3. The van der Waals surface area contributed by atoms with Gasteiger partial charge in [-0.3, -0.25) is 4.79 Å². The van der Waals surface area contributed by atoms with Crippen molar-refractivity contribution in [1.82, 2.24) is 4.31 Å². The van der Waals surface area contributed by atoms with E-state index in [4.69, 9.17) is 0 Å². The number of fused-ring (bicyclic) bond motifs is 1. The number of methoxy groups -OCH3 is 1. The molecule has 1 unspecified atom stereocenters. The average Bonchev–Trinajstić information content (AvgIpc) is 2.79. The third kappa shape index (κ3) is 2.11. The van der Waals surface area contributed by atoms with Crippen molar-refractivity contribution in [3.63, 3.8) is 0 Å². The highest BCUT2D eigenvalue weighted by atomic mass is 79.9. The highest BCUT2D eigenvalue weighted by Crippen LogP contribution is 2.40. The summed E-state index contributed by atoms with van der Waals surface area (Å²) in [6.45, 7) is 1.99. The minimum absolute atomic E-state index is 0.230. The normalized spacial score (nSPS) is 19.5. The summed E-state index contributed by atoms with van der Waals surface area (Å²) in [4.78, 5) is 11.6. The van der Waals surface area contributed by atoms with Gasteiger partial charge in [-0.05, 0) is 34.0 Å². The molecule has 2 heterocycles. The molecule has 1 aromatic rings. The van der Waals surface area contributed by atoms with Gasteiger partial charge < -0.3 is 4.74 Å². The monoisotopic (exact) mass is 353 g/mol. The number of sulfonamides is 1. The predicted molar refractivity (Wildman–Crippen MR) is 70.8 cm³/mol. The minimum atomic E-state index is -3.57. The van der Waals surface area contributed by atoms with Crippen molar-refractivity contribution in [2.45, 2.75) is 30.1 Å². The molecule has 8 heteroatoms. The summed E-state index contributed by atoms with van der Waals surface area (Å²) in [7, 11) is -2.31. The summed E-state index contributed by atoms with van der Waals surface area (Å²) in [5.74, 6) is -0.518. The number of hydrogen-bond donors (Lipinski definition) is 0. The topological polar surface area (TPSA) is 63.7 Å². The fraction of sp³-hybridized carbons (Fsp3) is 0.500. The minimum Gasteiger partial charge on any atom is -0.468 e. The highest BCUT2D eigenvalue weighted by Gasteiger charge is 2.43. The van der Waals surface area contributed by atoms with Crippen molar-refractivity contribution in [2.24, 2.45) is 0 Å². The lowest BCUT2D eigenvalue weighted by atomic mass is 10.2. The highest BCUT2D eigenvalue weighted by molar-refractivity contribution is 9.11. The molecular weight excluding hydrogens is 342 g/mol. The number of nitrogens with zero attached hydrogens (tertiary/aromatic N) is 1. The molecule has 1 aromatic heterocycles. The van der Waals surface area contributed by atoms with Gasteiger partial charge in [0.1, 0.15) is 10.3 Å². The summed E-state index contributed by atoms with van der Waals surface area (Å²) in [6.07, 6.45) is 0.391. The van der Waals surface area contributed by atoms with Crippen molar-refractivity contribution in [2.75, 3.05) is 7.11 Å². The van der Waals surface area contributed by atoms with Gasteiger partial charge in [0.25, 0.3) is 10.0 Å². The Morgan fingerprint density at radius 3 is 2.83 bits per heavy atom. The molecule has 0 bridgehead atoms. The molecule has 2 rings (SSSR count). The van der Waals surface area contributed by atoms with Crippen LogP contribution in [-0.2, 0) is 26.1 Å². The van der Waals surface area contributed by atoms with Gasteiger partial charge >= 0.3 is 5.97 Å². The van der Waals surface area contributed by atoms with Crippen molar-refractivity contribution in [3.8, 4) is 0 Å². The number of carbonyl (C=O) groups is 1. The molecule has 0 radical (unpaired) electrons. The Hall–Kier alpha value is -0.440. The largest absolute Gasteiger partial charge is 0.468 e. The van der Waals surface area contributed by atoms with Gasteiger partial charge in [-0.25, -0.2) is 8.42 Å². The molecule has 18 heavy (non-hydrogen) atoms. The van der Waals surface area contributed by atoms with Gasteiger partial charge in [-0.1, -0.05) is 6.92 Å². The maximum Gasteiger partial charge on any atom is 0.324 e. The van der Waals surface area contributed by atoms with Crippen molar-refractivity contribution < 1.29 is 17.9 Å². The molecule has 0 spiro atoms. The van der Waals surface area contributed by atoms with E-state index in [-0.39, 0.29) is 6.54 Å². The number of hydrogen-bond acceptors (Lipinski definition) is 5. The first-order valence-electron chi connectivity index (χ1n) is 5.29. The number of thiophene rings is 1. The summed E-state index contributed by atoms with van der Waals surface area (Å²) >= 11 is 4.44. The Morgan fingerprint density at radius 1 is 1.67 bits per heavy atom. The molecule has 0 saturated heterocycles. The van der Waals surface area contributed by atoms with E-state index in [1.54, 1.807) is 13.0 Å². The van der Waals surface area contributed by atoms with Crippen LogP contribution < -0.4 is 0 Å². The Labute approximate surface area is 118 Å². The lowest BCUT2D eigenvalue weighted by Gasteiger charge is -2.22. The van der Waals surface area contributed by atoms with E-state index < -0.39 is 22.0 Å². The average molecular weight is 354 g/mol. The Kier molecular flexibility index (Phi) is 3.82. The first-order chi connectivity index (χ1) is 8.41. The van der Waals surface area contributed by atoms with E-state index >= 15 is 0 Å². The lowest BCUT2D eigenvalue weighted by molar-refractivity contribution is -0.145.